The summed E-state index contributed by atoms with van der Waals surface area (Å²) in [5.41, 5.74) is 9.74. The van der Waals surface area contributed by atoms with Crippen LogP contribution in [0.4, 0.5) is 0 Å². The first kappa shape index (κ1) is 14.9. The van der Waals surface area contributed by atoms with E-state index in [9.17, 15) is 4.79 Å². The Morgan fingerprint density at radius 3 is 2.62 bits per heavy atom. The van der Waals surface area contributed by atoms with Gasteiger partial charge in [-0.05, 0) is 33.9 Å². The second-order valence-electron chi connectivity index (χ2n) is 6.42. The first-order valence-corrected chi connectivity index (χ1v) is 8.32. The van der Waals surface area contributed by atoms with E-state index >= 15 is 0 Å². The molecule has 0 spiro atoms. The minimum atomic E-state index is -0.127. The Hall–Kier alpha value is -2.65. The number of fused-ring (bicyclic) bond motifs is 2. The Kier molecular flexibility index (Phi) is 3.79. The van der Waals surface area contributed by atoms with Crippen molar-refractivity contribution in [2.24, 2.45) is 5.73 Å². The molecule has 2 atom stereocenters. The number of nitrogens with two attached hydrogens (primary N) is 1. The van der Waals surface area contributed by atoms with Gasteiger partial charge in [-0.2, -0.15) is 0 Å². The summed E-state index contributed by atoms with van der Waals surface area (Å²) in [5, 5.41) is 5.42. The number of benzene rings is 3. The summed E-state index contributed by atoms with van der Waals surface area (Å²) in [4.78, 5) is 12.5. The highest BCUT2D eigenvalue weighted by molar-refractivity contribution is 5.90. The highest BCUT2D eigenvalue weighted by Crippen LogP contribution is 2.29. The lowest BCUT2D eigenvalue weighted by molar-refractivity contribution is -0.121. The zero-order chi connectivity index (χ0) is 16.5. The third-order valence-electron chi connectivity index (χ3n) is 4.86. The lowest BCUT2D eigenvalue weighted by Crippen LogP contribution is -2.41. The maximum absolute atomic E-state index is 12.5. The molecule has 0 aliphatic heterocycles. The fraction of sp³-hybridized carbons (Fsp3) is 0.190. The Balaban J connectivity index is 1.50. The van der Waals surface area contributed by atoms with Gasteiger partial charge in [0.05, 0.1) is 18.5 Å². The smallest absolute Gasteiger partial charge is 0.224 e. The topological polar surface area (TPSA) is 55.1 Å². The second-order valence-corrected chi connectivity index (χ2v) is 6.42. The maximum atomic E-state index is 12.5. The van der Waals surface area contributed by atoms with Crippen molar-refractivity contribution in [2.75, 3.05) is 0 Å². The van der Waals surface area contributed by atoms with Crippen molar-refractivity contribution in [1.29, 1.82) is 0 Å². The summed E-state index contributed by atoms with van der Waals surface area (Å²) in [6.07, 6.45) is 1.18. The lowest BCUT2D eigenvalue weighted by atomic mass is 10.0. The third-order valence-corrected chi connectivity index (χ3v) is 4.86. The highest BCUT2D eigenvalue weighted by Gasteiger charge is 2.30. The molecule has 3 aromatic rings. The molecule has 24 heavy (non-hydrogen) atoms. The second kappa shape index (κ2) is 6.10. The van der Waals surface area contributed by atoms with Crippen molar-refractivity contribution in [2.45, 2.75) is 24.9 Å². The van der Waals surface area contributed by atoms with Gasteiger partial charge in [-0.1, -0.05) is 66.7 Å². The van der Waals surface area contributed by atoms with Gasteiger partial charge in [-0.3, -0.25) is 4.79 Å². The van der Waals surface area contributed by atoms with Gasteiger partial charge in [-0.25, -0.2) is 0 Å². The molecule has 3 N–H and O–H groups in total. The van der Waals surface area contributed by atoms with Gasteiger partial charge in [0.25, 0.3) is 0 Å². The molecule has 0 unspecified atom stereocenters. The van der Waals surface area contributed by atoms with Crippen LogP contribution in [-0.4, -0.2) is 11.9 Å². The number of amides is 1. The molecular formula is C21H20N2O. The minimum absolute atomic E-state index is 0.0233. The average Bonchev–Trinajstić information content (AvgIpc) is 2.91. The van der Waals surface area contributed by atoms with E-state index in [1.54, 1.807) is 0 Å². The first-order valence-electron chi connectivity index (χ1n) is 8.32. The van der Waals surface area contributed by atoms with Crippen LogP contribution in [0.5, 0.6) is 0 Å². The summed E-state index contributed by atoms with van der Waals surface area (Å²) >= 11 is 0. The van der Waals surface area contributed by atoms with Crippen LogP contribution in [0.1, 0.15) is 22.7 Å². The fourth-order valence-electron chi connectivity index (χ4n) is 3.64. The molecular weight excluding hydrogens is 296 g/mol. The molecule has 3 aromatic carbocycles. The molecule has 1 amide bonds. The van der Waals surface area contributed by atoms with E-state index in [1.165, 1.54) is 5.56 Å². The molecule has 0 saturated heterocycles. The molecule has 120 valence electrons. The van der Waals surface area contributed by atoms with Crippen molar-refractivity contribution in [1.82, 2.24) is 5.32 Å². The molecule has 0 fully saturated rings. The normalized spacial score (nSPS) is 19.2. The maximum Gasteiger partial charge on any atom is 0.224 e. The zero-order valence-corrected chi connectivity index (χ0v) is 13.4. The average molecular weight is 316 g/mol. The molecule has 0 radical (unpaired) electrons. The van der Waals surface area contributed by atoms with Crippen LogP contribution in [0.3, 0.4) is 0 Å². The predicted octanol–water partition coefficient (Wildman–Crippen LogP) is 3.12. The quantitative estimate of drug-likeness (QED) is 0.780. The molecule has 0 saturated carbocycles. The summed E-state index contributed by atoms with van der Waals surface area (Å²) < 4.78 is 0. The number of carbonyl (C=O) groups excluding carboxylic acids is 1. The Morgan fingerprint density at radius 1 is 1.00 bits per heavy atom. The summed E-state index contributed by atoms with van der Waals surface area (Å²) in [6, 6.07) is 22.3. The van der Waals surface area contributed by atoms with Crippen molar-refractivity contribution in [3.05, 3.63) is 83.4 Å². The van der Waals surface area contributed by atoms with Gasteiger partial charge in [0.1, 0.15) is 0 Å². The number of rotatable bonds is 3. The van der Waals surface area contributed by atoms with Gasteiger partial charge >= 0.3 is 0 Å². The molecule has 1 aliphatic carbocycles. The lowest BCUT2D eigenvalue weighted by Gasteiger charge is -2.18. The van der Waals surface area contributed by atoms with Gasteiger partial charge in [-0.15, -0.1) is 0 Å². The SMILES string of the molecule is N[C@@H]1c2ccccc2C[C@H]1NC(=O)Cc1cccc2ccccc12. The van der Waals surface area contributed by atoms with Gasteiger partial charge < -0.3 is 11.1 Å². The van der Waals surface area contributed by atoms with Gasteiger partial charge in [0, 0.05) is 0 Å². The highest BCUT2D eigenvalue weighted by atomic mass is 16.1. The number of nitrogens with one attached hydrogen (secondary N) is 1. The van der Waals surface area contributed by atoms with Gasteiger partial charge in [0.15, 0.2) is 0 Å². The molecule has 0 aromatic heterocycles. The number of carbonyl (C=O) groups is 1. The first-order chi connectivity index (χ1) is 11.7. The molecule has 3 heteroatoms. The van der Waals surface area contributed by atoms with E-state index in [0.717, 1.165) is 28.3 Å². The monoisotopic (exact) mass is 316 g/mol. The Labute approximate surface area is 141 Å². The molecule has 4 rings (SSSR count). The Morgan fingerprint density at radius 2 is 1.75 bits per heavy atom. The van der Waals surface area contributed by atoms with Gasteiger partial charge in [0.2, 0.25) is 5.91 Å². The van der Waals surface area contributed by atoms with Crippen LogP contribution in [0.2, 0.25) is 0 Å². The predicted molar refractivity (Wildman–Crippen MR) is 96.7 cm³/mol. The van der Waals surface area contributed by atoms with Crippen LogP contribution >= 0.6 is 0 Å². The van der Waals surface area contributed by atoms with Crippen LogP contribution in [0, 0.1) is 0 Å². The van der Waals surface area contributed by atoms with Crippen molar-refractivity contribution >= 4 is 16.7 Å². The number of hydrogen-bond acceptors (Lipinski definition) is 2. The summed E-state index contributed by atoms with van der Waals surface area (Å²) in [5.74, 6) is 0.0274. The van der Waals surface area contributed by atoms with Crippen molar-refractivity contribution in [3.63, 3.8) is 0 Å². The standard InChI is InChI=1S/C21H20N2O/c22-21-18-11-4-2-7-15(18)12-19(21)23-20(24)13-16-9-5-8-14-6-1-3-10-17(14)16/h1-11,19,21H,12-13,22H2,(H,23,24)/t19-,21-/m1/s1. The van der Waals surface area contributed by atoms with Crippen LogP contribution in [-0.2, 0) is 17.6 Å². The fourth-order valence-corrected chi connectivity index (χ4v) is 3.64. The van der Waals surface area contributed by atoms with Crippen LogP contribution in [0.25, 0.3) is 10.8 Å². The summed E-state index contributed by atoms with van der Waals surface area (Å²) in [7, 11) is 0. The Bertz CT molecular complexity index is 898. The van der Waals surface area contributed by atoms with Crippen LogP contribution < -0.4 is 11.1 Å². The minimum Gasteiger partial charge on any atom is -0.351 e. The van der Waals surface area contributed by atoms with E-state index in [1.807, 2.05) is 36.4 Å². The van der Waals surface area contributed by atoms with Crippen molar-refractivity contribution < 1.29 is 4.79 Å². The van der Waals surface area contributed by atoms with E-state index in [-0.39, 0.29) is 18.0 Å². The van der Waals surface area contributed by atoms with Crippen LogP contribution in [0.15, 0.2) is 66.7 Å². The van der Waals surface area contributed by atoms with E-state index in [0.29, 0.717) is 6.42 Å². The van der Waals surface area contributed by atoms with E-state index in [4.69, 9.17) is 5.73 Å². The summed E-state index contributed by atoms with van der Waals surface area (Å²) in [6.45, 7) is 0. The van der Waals surface area contributed by atoms with E-state index in [2.05, 4.69) is 35.6 Å². The molecule has 0 heterocycles. The largest absolute Gasteiger partial charge is 0.351 e. The molecule has 1 aliphatic rings. The molecule has 0 bridgehead atoms. The third kappa shape index (κ3) is 2.68. The molecule has 3 nitrogen and oxygen atoms in total. The van der Waals surface area contributed by atoms with Crippen molar-refractivity contribution in [3.8, 4) is 0 Å². The van der Waals surface area contributed by atoms with E-state index < -0.39 is 0 Å². The zero-order valence-electron chi connectivity index (χ0n) is 13.4. The number of hydrogen-bond donors (Lipinski definition) is 2.